The molecular weight excluding hydrogens is 350 g/mol. The Hall–Kier alpha value is -2.79. The van der Waals surface area contributed by atoms with Crippen molar-refractivity contribution in [2.45, 2.75) is 6.54 Å². The van der Waals surface area contributed by atoms with Crippen LogP contribution >= 0.6 is 11.6 Å². The van der Waals surface area contributed by atoms with Crippen molar-refractivity contribution in [2.24, 2.45) is 0 Å². The molecule has 2 heterocycles. The molecule has 2 aromatic carbocycles. The van der Waals surface area contributed by atoms with E-state index in [2.05, 4.69) is 22.2 Å². The molecule has 5 nitrogen and oxygen atoms in total. The van der Waals surface area contributed by atoms with Crippen LogP contribution in [-0.4, -0.2) is 36.1 Å². The molecule has 0 radical (unpaired) electrons. The Morgan fingerprint density at radius 1 is 1.12 bits per heavy atom. The summed E-state index contributed by atoms with van der Waals surface area (Å²) in [7, 11) is 2.04. The van der Waals surface area contributed by atoms with Crippen molar-refractivity contribution in [1.82, 2.24) is 10.1 Å². The van der Waals surface area contributed by atoms with E-state index in [4.69, 9.17) is 16.1 Å². The number of rotatable bonds is 2. The maximum Gasteiger partial charge on any atom is 0.276 e. The molecule has 4 rings (SSSR count). The lowest BCUT2D eigenvalue weighted by molar-refractivity contribution is 0.0741. The van der Waals surface area contributed by atoms with Crippen molar-refractivity contribution in [3.05, 3.63) is 70.9 Å². The van der Waals surface area contributed by atoms with Crippen LogP contribution in [0.5, 0.6) is 0 Å². The lowest BCUT2D eigenvalue weighted by Crippen LogP contribution is -2.34. The van der Waals surface area contributed by atoms with Crippen molar-refractivity contribution in [1.29, 1.82) is 0 Å². The van der Waals surface area contributed by atoms with Gasteiger partial charge in [0.15, 0.2) is 11.5 Å². The fourth-order valence-electron chi connectivity index (χ4n) is 3.18. The largest absolute Gasteiger partial charge is 0.373 e. The maximum absolute atomic E-state index is 12.9. The molecule has 1 aliphatic rings. The minimum absolute atomic E-state index is 0.132. The number of halogens is 1. The highest BCUT2D eigenvalue weighted by atomic mass is 35.5. The number of anilines is 1. The van der Waals surface area contributed by atoms with E-state index in [1.165, 1.54) is 0 Å². The fraction of sp³-hybridized carbons (Fsp3) is 0.200. The van der Waals surface area contributed by atoms with Crippen molar-refractivity contribution in [3.8, 4) is 11.3 Å². The van der Waals surface area contributed by atoms with E-state index < -0.39 is 0 Å². The van der Waals surface area contributed by atoms with E-state index in [9.17, 15) is 4.79 Å². The van der Waals surface area contributed by atoms with Crippen molar-refractivity contribution in [3.63, 3.8) is 0 Å². The second-order valence-corrected chi connectivity index (χ2v) is 6.80. The summed E-state index contributed by atoms with van der Waals surface area (Å²) in [4.78, 5) is 16.9. The van der Waals surface area contributed by atoms with Crippen LogP contribution < -0.4 is 4.90 Å². The van der Waals surface area contributed by atoms with Gasteiger partial charge in [-0.1, -0.05) is 47.1 Å². The summed E-state index contributed by atoms with van der Waals surface area (Å²) in [6, 6.07) is 17.1. The monoisotopic (exact) mass is 367 g/mol. The van der Waals surface area contributed by atoms with Crippen LogP contribution in [0.3, 0.4) is 0 Å². The molecule has 1 amide bonds. The van der Waals surface area contributed by atoms with Crippen molar-refractivity contribution < 1.29 is 9.32 Å². The van der Waals surface area contributed by atoms with Gasteiger partial charge in [-0.2, -0.15) is 0 Å². The summed E-state index contributed by atoms with van der Waals surface area (Å²) in [5.41, 5.74) is 3.38. The average Bonchev–Trinajstić information content (AvgIpc) is 3.08. The Kier molecular flexibility index (Phi) is 4.39. The van der Waals surface area contributed by atoms with Gasteiger partial charge in [-0.3, -0.25) is 4.79 Å². The molecule has 1 aromatic heterocycles. The topological polar surface area (TPSA) is 49.6 Å². The molecular formula is C20H18ClN3O2. The molecule has 0 atom stereocenters. The third-order valence-corrected chi connectivity index (χ3v) is 4.83. The molecule has 0 spiro atoms. The number of para-hydroxylation sites is 1. The maximum atomic E-state index is 12.9. The number of benzene rings is 2. The second kappa shape index (κ2) is 6.84. The lowest BCUT2D eigenvalue weighted by Gasteiger charge is -2.19. The zero-order valence-corrected chi connectivity index (χ0v) is 15.1. The van der Waals surface area contributed by atoms with E-state index in [0.29, 0.717) is 29.6 Å². The first-order valence-corrected chi connectivity index (χ1v) is 8.80. The Bertz CT molecular complexity index is 953. The number of likely N-dealkylation sites (N-methyl/N-ethyl adjacent to an activating group) is 1. The van der Waals surface area contributed by atoms with Gasteiger partial charge in [0.1, 0.15) is 0 Å². The van der Waals surface area contributed by atoms with E-state index >= 15 is 0 Å². The van der Waals surface area contributed by atoms with Gasteiger partial charge in [0.2, 0.25) is 0 Å². The number of hydrogen-bond acceptors (Lipinski definition) is 4. The van der Waals surface area contributed by atoms with Crippen LogP contribution in [0.15, 0.2) is 59.1 Å². The van der Waals surface area contributed by atoms with Crippen molar-refractivity contribution >= 4 is 23.2 Å². The van der Waals surface area contributed by atoms with Gasteiger partial charge in [-0.15, -0.1) is 0 Å². The summed E-state index contributed by atoms with van der Waals surface area (Å²) in [6.07, 6.45) is 0. The van der Waals surface area contributed by atoms with Crippen LogP contribution in [0.25, 0.3) is 11.3 Å². The summed E-state index contributed by atoms with van der Waals surface area (Å²) >= 11 is 6.02. The molecule has 1 aliphatic heterocycles. The molecule has 0 saturated carbocycles. The van der Waals surface area contributed by atoms with Gasteiger partial charge in [-0.25, -0.2) is 0 Å². The number of aromatic nitrogens is 1. The highest BCUT2D eigenvalue weighted by molar-refractivity contribution is 6.30. The first-order valence-electron chi connectivity index (χ1n) is 8.43. The zero-order chi connectivity index (χ0) is 18.1. The highest BCUT2D eigenvalue weighted by Crippen LogP contribution is 2.26. The van der Waals surface area contributed by atoms with Gasteiger partial charge in [0.05, 0.1) is 0 Å². The molecule has 6 heteroatoms. The van der Waals surface area contributed by atoms with Gasteiger partial charge >= 0.3 is 0 Å². The molecule has 26 heavy (non-hydrogen) atoms. The summed E-state index contributed by atoms with van der Waals surface area (Å²) in [6.45, 7) is 1.95. The minimum atomic E-state index is -0.132. The molecule has 3 aromatic rings. The van der Waals surface area contributed by atoms with Crippen LogP contribution in [0, 0.1) is 0 Å². The first-order chi connectivity index (χ1) is 12.6. The highest BCUT2D eigenvalue weighted by Gasteiger charge is 2.24. The predicted octanol–water partition coefficient (Wildman–Crippen LogP) is 4.09. The molecule has 0 saturated heterocycles. The molecule has 0 N–H and O–H groups in total. The van der Waals surface area contributed by atoms with Gasteiger partial charge < -0.3 is 14.3 Å². The number of fused-ring (bicyclic) bond motifs is 1. The SMILES string of the molecule is CN1CCN(C(=O)c2cc(-c3cccc(Cl)c3)on2)Cc2ccccc21. The summed E-state index contributed by atoms with van der Waals surface area (Å²) in [5.74, 6) is 0.398. The number of nitrogens with zero attached hydrogens (tertiary/aromatic N) is 3. The Balaban J connectivity index is 1.59. The Morgan fingerprint density at radius 3 is 2.81 bits per heavy atom. The van der Waals surface area contributed by atoms with Crippen LogP contribution in [0.1, 0.15) is 16.1 Å². The number of carbonyl (C=O) groups excluding carboxylic acids is 1. The number of amides is 1. The van der Waals surface area contributed by atoms with Gasteiger partial charge in [0, 0.05) is 49.0 Å². The van der Waals surface area contributed by atoms with Crippen molar-refractivity contribution in [2.75, 3.05) is 25.0 Å². The Morgan fingerprint density at radius 2 is 1.96 bits per heavy atom. The smallest absolute Gasteiger partial charge is 0.276 e. The molecule has 0 aliphatic carbocycles. The molecule has 0 bridgehead atoms. The lowest BCUT2D eigenvalue weighted by atomic mass is 10.1. The van der Waals surface area contributed by atoms with Crippen LogP contribution in [0.2, 0.25) is 5.02 Å². The third kappa shape index (κ3) is 3.18. The van der Waals surface area contributed by atoms with Crippen LogP contribution in [0.4, 0.5) is 5.69 Å². The van der Waals surface area contributed by atoms with E-state index in [0.717, 1.165) is 23.4 Å². The first kappa shape index (κ1) is 16.7. The third-order valence-electron chi connectivity index (χ3n) is 4.60. The van der Waals surface area contributed by atoms with Gasteiger partial charge in [0.25, 0.3) is 5.91 Å². The standard InChI is InChI=1S/C20H18ClN3O2/c1-23-9-10-24(13-15-5-2-3-8-18(15)23)20(25)17-12-19(26-22-17)14-6-4-7-16(21)11-14/h2-8,11-12H,9-10,13H2,1H3. The van der Waals surface area contributed by atoms with E-state index in [1.807, 2.05) is 36.2 Å². The second-order valence-electron chi connectivity index (χ2n) is 6.36. The van der Waals surface area contributed by atoms with E-state index in [1.54, 1.807) is 18.2 Å². The fourth-order valence-corrected chi connectivity index (χ4v) is 3.37. The summed E-state index contributed by atoms with van der Waals surface area (Å²) in [5, 5.41) is 4.59. The molecule has 0 fully saturated rings. The van der Waals surface area contributed by atoms with E-state index in [-0.39, 0.29) is 5.91 Å². The Labute approximate surface area is 156 Å². The normalized spacial score (nSPS) is 14.1. The minimum Gasteiger partial charge on any atom is -0.373 e. The average molecular weight is 368 g/mol. The number of carbonyl (C=O) groups is 1. The van der Waals surface area contributed by atoms with Gasteiger partial charge in [-0.05, 0) is 23.8 Å². The number of hydrogen-bond donors (Lipinski definition) is 0. The quantitative estimate of drug-likeness (QED) is 0.684. The molecule has 0 unspecified atom stereocenters. The summed E-state index contributed by atoms with van der Waals surface area (Å²) < 4.78 is 5.37. The van der Waals surface area contributed by atoms with Crippen LogP contribution in [-0.2, 0) is 6.54 Å². The molecule has 132 valence electrons. The predicted molar refractivity (Wildman–Crippen MR) is 101 cm³/mol. The zero-order valence-electron chi connectivity index (χ0n) is 14.4.